The first-order valence-corrected chi connectivity index (χ1v) is 7.41. The molecule has 0 bridgehead atoms. The van der Waals surface area contributed by atoms with Crippen molar-refractivity contribution in [2.75, 3.05) is 0 Å². The van der Waals surface area contributed by atoms with Gasteiger partial charge < -0.3 is 21.0 Å². The summed E-state index contributed by atoms with van der Waals surface area (Å²) in [6.07, 6.45) is 1.46. The van der Waals surface area contributed by atoms with E-state index in [9.17, 15) is 14.7 Å². The second-order valence-corrected chi connectivity index (χ2v) is 5.42. The summed E-state index contributed by atoms with van der Waals surface area (Å²) < 4.78 is 0. The molecular weight excluding hydrogens is 292 g/mol. The van der Waals surface area contributed by atoms with Crippen molar-refractivity contribution in [3.05, 3.63) is 65.7 Å². The topological polar surface area (TPSA) is 92.4 Å². The molecule has 4 N–H and O–H groups in total. The number of rotatable bonds is 7. The van der Waals surface area contributed by atoms with Crippen LogP contribution in [0.2, 0.25) is 0 Å². The Morgan fingerprint density at radius 1 is 1.04 bits per heavy atom. The van der Waals surface area contributed by atoms with Crippen molar-refractivity contribution in [1.82, 2.24) is 5.32 Å². The number of carbonyl (C=O) groups is 2. The molecule has 0 aromatic heterocycles. The zero-order valence-electron chi connectivity index (χ0n) is 12.7. The van der Waals surface area contributed by atoms with Crippen molar-refractivity contribution in [2.45, 2.75) is 24.9 Å². The SMILES string of the molecule is NC(Cc1ccccc1)C(=O)NC(C=O)Cc1ccc(O)cc1. The van der Waals surface area contributed by atoms with E-state index in [0.717, 1.165) is 11.1 Å². The van der Waals surface area contributed by atoms with Crippen LogP contribution in [0.5, 0.6) is 5.75 Å². The third-order valence-electron chi connectivity index (χ3n) is 3.52. The molecule has 2 rings (SSSR count). The van der Waals surface area contributed by atoms with Crippen LogP contribution >= 0.6 is 0 Å². The predicted molar refractivity (Wildman–Crippen MR) is 87.9 cm³/mol. The molecule has 1 amide bonds. The summed E-state index contributed by atoms with van der Waals surface area (Å²) in [4.78, 5) is 23.3. The first-order valence-electron chi connectivity index (χ1n) is 7.41. The highest BCUT2D eigenvalue weighted by Gasteiger charge is 2.18. The number of hydrogen-bond donors (Lipinski definition) is 3. The summed E-state index contributed by atoms with van der Waals surface area (Å²) in [5, 5.41) is 11.9. The largest absolute Gasteiger partial charge is 0.508 e. The van der Waals surface area contributed by atoms with Crippen LogP contribution in [0.15, 0.2) is 54.6 Å². The van der Waals surface area contributed by atoms with Gasteiger partial charge in [0, 0.05) is 0 Å². The van der Waals surface area contributed by atoms with Gasteiger partial charge in [-0.05, 0) is 36.1 Å². The Morgan fingerprint density at radius 3 is 2.26 bits per heavy atom. The van der Waals surface area contributed by atoms with Crippen LogP contribution in [-0.2, 0) is 22.4 Å². The van der Waals surface area contributed by atoms with Crippen LogP contribution in [0.25, 0.3) is 0 Å². The maximum absolute atomic E-state index is 12.1. The molecule has 2 unspecified atom stereocenters. The molecule has 5 heteroatoms. The molecule has 5 nitrogen and oxygen atoms in total. The minimum absolute atomic E-state index is 0.158. The molecular formula is C18H20N2O3. The lowest BCUT2D eigenvalue weighted by molar-refractivity contribution is -0.125. The highest BCUT2D eigenvalue weighted by atomic mass is 16.3. The summed E-state index contributed by atoms with van der Waals surface area (Å²) in [5.41, 5.74) is 7.72. The van der Waals surface area contributed by atoms with Gasteiger partial charge in [0.05, 0.1) is 12.1 Å². The van der Waals surface area contributed by atoms with Gasteiger partial charge in [-0.2, -0.15) is 0 Å². The van der Waals surface area contributed by atoms with E-state index in [1.807, 2.05) is 30.3 Å². The van der Waals surface area contributed by atoms with Crippen LogP contribution in [0.4, 0.5) is 0 Å². The first-order chi connectivity index (χ1) is 11.1. The smallest absolute Gasteiger partial charge is 0.237 e. The van der Waals surface area contributed by atoms with E-state index in [4.69, 9.17) is 5.73 Å². The number of phenols is 1. The third-order valence-corrected chi connectivity index (χ3v) is 3.52. The van der Waals surface area contributed by atoms with Crippen molar-refractivity contribution in [3.8, 4) is 5.75 Å². The Bertz CT molecular complexity index is 641. The Hall–Kier alpha value is -2.66. The van der Waals surface area contributed by atoms with Gasteiger partial charge in [0.15, 0.2) is 0 Å². The Balaban J connectivity index is 1.91. The highest BCUT2D eigenvalue weighted by molar-refractivity contribution is 5.84. The number of phenolic OH excluding ortho intramolecular Hbond substituents is 1. The number of carbonyl (C=O) groups excluding carboxylic acids is 2. The summed E-state index contributed by atoms with van der Waals surface area (Å²) in [5.74, 6) is -0.199. The van der Waals surface area contributed by atoms with Gasteiger partial charge in [-0.25, -0.2) is 0 Å². The molecule has 2 aromatic rings. The molecule has 0 saturated heterocycles. The molecule has 2 aromatic carbocycles. The lowest BCUT2D eigenvalue weighted by Crippen LogP contribution is -2.47. The quantitative estimate of drug-likeness (QED) is 0.670. The second-order valence-electron chi connectivity index (χ2n) is 5.42. The van der Waals surface area contributed by atoms with Gasteiger partial charge in [0.1, 0.15) is 12.0 Å². The minimum Gasteiger partial charge on any atom is -0.508 e. The molecule has 0 aliphatic carbocycles. The van der Waals surface area contributed by atoms with Crippen molar-refractivity contribution in [2.24, 2.45) is 5.73 Å². The number of aldehydes is 1. The normalized spacial score (nSPS) is 13.1. The number of benzene rings is 2. The van der Waals surface area contributed by atoms with Crippen LogP contribution in [0.3, 0.4) is 0 Å². The lowest BCUT2D eigenvalue weighted by atomic mass is 10.0. The van der Waals surface area contributed by atoms with Crippen molar-refractivity contribution in [1.29, 1.82) is 0 Å². The first kappa shape index (κ1) is 16.7. The van der Waals surface area contributed by atoms with Crippen molar-refractivity contribution < 1.29 is 14.7 Å². The second kappa shape index (κ2) is 8.10. The fraction of sp³-hybridized carbons (Fsp3) is 0.222. The van der Waals surface area contributed by atoms with Crippen LogP contribution in [-0.4, -0.2) is 29.4 Å². The Labute approximate surface area is 135 Å². The molecule has 23 heavy (non-hydrogen) atoms. The monoisotopic (exact) mass is 312 g/mol. The maximum atomic E-state index is 12.1. The number of aromatic hydroxyl groups is 1. The summed E-state index contributed by atoms with van der Waals surface area (Å²) in [7, 11) is 0. The van der Waals surface area contributed by atoms with Gasteiger partial charge in [-0.15, -0.1) is 0 Å². The lowest BCUT2D eigenvalue weighted by Gasteiger charge is -2.17. The fourth-order valence-corrected chi connectivity index (χ4v) is 2.27. The number of nitrogens with one attached hydrogen (secondary N) is 1. The van der Waals surface area contributed by atoms with E-state index in [2.05, 4.69) is 5.32 Å². The highest BCUT2D eigenvalue weighted by Crippen LogP contribution is 2.11. The number of nitrogens with two attached hydrogens (primary N) is 1. The third kappa shape index (κ3) is 5.23. The van der Waals surface area contributed by atoms with Crippen molar-refractivity contribution >= 4 is 12.2 Å². The molecule has 2 atom stereocenters. The minimum atomic E-state index is -0.709. The van der Waals surface area contributed by atoms with E-state index >= 15 is 0 Å². The number of amides is 1. The molecule has 0 radical (unpaired) electrons. The van der Waals surface area contributed by atoms with E-state index in [0.29, 0.717) is 19.1 Å². The summed E-state index contributed by atoms with van der Waals surface area (Å²) in [6.45, 7) is 0. The van der Waals surface area contributed by atoms with Crippen LogP contribution in [0, 0.1) is 0 Å². The number of hydrogen-bond acceptors (Lipinski definition) is 4. The van der Waals surface area contributed by atoms with Crippen LogP contribution in [0.1, 0.15) is 11.1 Å². The van der Waals surface area contributed by atoms with Crippen LogP contribution < -0.4 is 11.1 Å². The molecule has 0 heterocycles. The zero-order valence-corrected chi connectivity index (χ0v) is 12.7. The van der Waals surface area contributed by atoms with Gasteiger partial charge in [0.25, 0.3) is 0 Å². The molecule has 0 saturated carbocycles. The van der Waals surface area contributed by atoms with E-state index < -0.39 is 12.1 Å². The predicted octanol–water partition coefficient (Wildman–Crippen LogP) is 1.19. The van der Waals surface area contributed by atoms with Gasteiger partial charge in [-0.1, -0.05) is 42.5 Å². The molecule has 0 aliphatic heterocycles. The Morgan fingerprint density at radius 2 is 1.65 bits per heavy atom. The van der Waals surface area contributed by atoms with Gasteiger partial charge in [0.2, 0.25) is 5.91 Å². The van der Waals surface area contributed by atoms with E-state index in [-0.39, 0.29) is 11.7 Å². The average Bonchev–Trinajstić information content (AvgIpc) is 2.57. The average molecular weight is 312 g/mol. The molecule has 120 valence electrons. The molecule has 0 spiro atoms. The summed E-state index contributed by atoms with van der Waals surface area (Å²) >= 11 is 0. The summed E-state index contributed by atoms with van der Waals surface area (Å²) in [6, 6.07) is 14.6. The van der Waals surface area contributed by atoms with E-state index in [1.54, 1.807) is 24.3 Å². The molecule has 0 aliphatic rings. The van der Waals surface area contributed by atoms with Crippen molar-refractivity contribution in [3.63, 3.8) is 0 Å². The zero-order chi connectivity index (χ0) is 16.7. The maximum Gasteiger partial charge on any atom is 0.237 e. The van der Waals surface area contributed by atoms with Gasteiger partial charge >= 0.3 is 0 Å². The molecule has 0 fully saturated rings. The standard InChI is InChI=1S/C18H20N2O3/c19-17(11-13-4-2-1-3-5-13)18(23)20-15(12-21)10-14-6-8-16(22)9-7-14/h1-9,12,15,17,22H,10-11,19H2,(H,20,23). The van der Waals surface area contributed by atoms with E-state index in [1.165, 1.54) is 0 Å². The Kier molecular flexibility index (Phi) is 5.88. The van der Waals surface area contributed by atoms with Gasteiger partial charge in [-0.3, -0.25) is 4.79 Å². The fourth-order valence-electron chi connectivity index (χ4n) is 2.27.